The smallest absolute Gasteiger partial charge is 0.136 e. The second-order valence-electron chi connectivity index (χ2n) is 6.62. The third-order valence-corrected chi connectivity index (χ3v) is 5.12. The monoisotopic (exact) mass is 505 g/mol. The number of hydrogen-bond acceptors (Lipinski definition) is 3. The fourth-order valence-electron chi connectivity index (χ4n) is 2.82. The Balaban J connectivity index is 1.42. The predicted octanol–water partition coefficient (Wildman–Crippen LogP) is 7.41. The summed E-state index contributed by atoms with van der Waals surface area (Å²) in [5, 5.41) is 0. The molecule has 0 aromatic heterocycles. The average molecular weight is 505 g/mol. The number of benzene rings is 4. The van der Waals surface area contributed by atoms with E-state index in [1.807, 2.05) is 109 Å². The first-order valence-corrected chi connectivity index (χ1v) is 10.7. The van der Waals surface area contributed by atoms with Crippen LogP contribution in [0.4, 0.5) is 5.69 Å². The van der Waals surface area contributed by atoms with Gasteiger partial charge >= 0.3 is 0 Å². The van der Waals surface area contributed by atoms with Crippen molar-refractivity contribution in [3.05, 3.63) is 118 Å². The maximum absolute atomic E-state index is 6.09. The van der Waals surface area contributed by atoms with Crippen LogP contribution in [0, 0.1) is 3.57 Å². The minimum Gasteiger partial charge on any atom is -0.489 e. The first kappa shape index (κ1) is 20.2. The Morgan fingerprint density at radius 3 is 2.13 bits per heavy atom. The molecule has 0 saturated heterocycles. The van der Waals surface area contributed by atoms with Crippen LogP contribution in [-0.4, -0.2) is 6.21 Å². The molecule has 4 aromatic carbocycles. The summed E-state index contributed by atoms with van der Waals surface area (Å²) in [7, 11) is 0. The van der Waals surface area contributed by atoms with Gasteiger partial charge in [-0.3, -0.25) is 4.99 Å². The van der Waals surface area contributed by atoms with Gasteiger partial charge in [-0.1, -0.05) is 42.5 Å². The van der Waals surface area contributed by atoms with Crippen LogP contribution in [0.1, 0.15) is 11.1 Å². The van der Waals surface area contributed by atoms with E-state index < -0.39 is 0 Å². The van der Waals surface area contributed by atoms with Crippen LogP contribution < -0.4 is 9.47 Å². The highest BCUT2D eigenvalue weighted by Crippen LogP contribution is 2.27. The summed E-state index contributed by atoms with van der Waals surface area (Å²) in [6.07, 6.45) is 1.83. The fourth-order valence-corrected chi connectivity index (χ4v) is 3.18. The highest BCUT2D eigenvalue weighted by atomic mass is 127. The zero-order chi connectivity index (χ0) is 20.6. The van der Waals surface area contributed by atoms with Crippen LogP contribution >= 0.6 is 22.6 Å². The predicted molar refractivity (Wildman–Crippen MR) is 130 cm³/mol. The number of ether oxygens (including phenoxy) is 2. The van der Waals surface area contributed by atoms with Gasteiger partial charge < -0.3 is 9.47 Å². The quantitative estimate of drug-likeness (QED) is 0.193. The first-order chi connectivity index (χ1) is 14.8. The van der Waals surface area contributed by atoms with Gasteiger partial charge in [-0.05, 0) is 88.8 Å². The molecule has 0 radical (unpaired) electrons. The van der Waals surface area contributed by atoms with Gasteiger partial charge in [0, 0.05) is 15.3 Å². The van der Waals surface area contributed by atoms with E-state index >= 15 is 0 Å². The lowest BCUT2D eigenvalue weighted by atomic mass is 10.2. The molecule has 0 amide bonds. The highest BCUT2D eigenvalue weighted by molar-refractivity contribution is 14.1. The number of aliphatic imine (C=N–C) groups is 1. The van der Waals surface area contributed by atoms with Crippen molar-refractivity contribution < 1.29 is 9.47 Å². The van der Waals surface area contributed by atoms with Crippen LogP contribution in [0.5, 0.6) is 17.2 Å². The minimum atomic E-state index is 0.541. The molecule has 0 aliphatic rings. The number of para-hydroxylation sites is 1. The van der Waals surface area contributed by atoms with Crippen LogP contribution in [0.2, 0.25) is 0 Å². The molecule has 0 fully saturated rings. The third kappa shape index (κ3) is 5.70. The largest absolute Gasteiger partial charge is 0.489 e. The van der Waals surface area contributed by atoms with E-state index in [0.29, 0.717) is 6.61 Å². The average Bonchev–Trinajstić information content (AvgIpc) is 2.80. The Kier molecular flexibility index (Phi) is 6.77. The molecule has 0 aliphatic heterocycles. The molecule has 0 atom stereocenters. The second-order valence-corrected chi connectivity index (χ2v) is 7.87. The second kappa shape index (κ2) is 10.1. The third-order valence-electron chi connectivity index (χ3n) is 4.40. The molecule has 3 nitrogen and oxygen atoms in total. The maximum atomic E-state index is 6.09. The van der Waals surface area contributed by atoms with Crippen molar-refractivity contribution in [2.45, 2.75) is 6.61 Å². The van der Waals surface area contributed by atoms with E-state index in [4.69, 9.17) is 9.47 Å². The summed E-state index contributed by atoms with van der Waals surface area (Å²) in [6.45, 7) is 0.541. The SMILES string of the molecule is Ic1ccc(/N=C/c2ccccc2Oc2ccc(OCc3ccccc3)cc2)cc1. The number of halogens is 1. The molecule has 0 N–H and O–H groups in total. The fraction of sp³-hybridized carbons (Fsp3) is 0.0385. The molecule has 0 spiro atoms. The molecule has 0 saturated carbocycles. The lowest BCUT2D eigenvalue weighted by molar-refractivity contribution is 0.306. The van der Waals surface area contributed by atoms with Crippen LogP contribution in [-0.2, 0) is 6.61 Å². The van der Waals surface area contributed by atoms with E-state index in [2.05, 4.69) is 27.6 Å². The van der Waals surface area contributed by atoms with E-state index in [9.17, 15) is 0 Å². The Morgan fingerprint density at radius 1 is 0.700 bits per heavy atom. The zero-order valence-corrected chi connectivity index (χ0v) is 18.4. The van der Waals surface area contributed by atoms with Gasteiger partial charge in [0.15, 0.2) is 0 Å². The standard InChI is InChI=1S/C26H20INO2/c27-22-10-12-23(13-11-22)28-18-21-8-4-5-9-26(21)30-25-16-14-24(15-17-25)29-19-20-6-2-1-3-7-20/h1-18H,19H2/b28-18+. The van der Waals surface area contributed by atoms with Crippen molar-refractivity contribution in [3.63, 3.8) is 0 Å². The van der Waals surface area contributed by atoms with Gasteiger partial charge in [0.2, 0.25) is 0 Å². The van der Waals surface area contributed by atoms with Crippen LogP contribution in [0.3, 0.4) is 0 Å². The van der Waals surface area contributed by atoms with E-state index in [-0.39, 0.29) is 0 Å². The summed E-state index contributed by atoms with van der Waals surface area (Å²) >= 11 is 2.28. The summed E-state index contributed by atoms with van der Waals surface area (Å²) < 4.78 is 13.1. The van der Waals surface area contributed by atoms with Crippen molar-refractivity contribution in [2.24, 2.45) is 4.99 Å². The molecule has 0 aliphatic carbocycles. The minimum absolute atomic E-state index is 0.541. The molecule has 0 unspecified atom stereocenters. The molecule has 148 valence electrons. The lowest BCUT2D eigenvalue weighted by Gasteiger charge is -2.10. The van der Waals surface area contributed by atoms with Crippen LogP contribution in [0.25, 0.3) is 0 Å². The summed E-state index contributed by atoms with van der Waals surface area (Å²) in [6, 6.07) is 33.7. The van der Waals surface area contributed by atoms with Crippen LogP contribution in [0.15, 0.2) is 108 Å². The van der Waals surface area contributed by atoms with Gasteiger partial charge in [0.1, 0.15) is 23.9 Å². The lowest BCUT2D eigenvalue weighted by Crippen LogP contribution is -1.95. The Hall–Kier alpha value is -3.12. The Morgan fingerprint density at radius 2 is 1.37 bits per heavy atom. The van der Waals surface area contributed by atoms with Crippen molar-refractivity contribution in [3.8, 4) is 17.2 Å². The zero-order valence-electron chi connectivity index (χ0n) is 16.2. The van der Waals surface area contributed by atoms with Gasteiger partial charge in [0.05, 0.1) is 5.69 Å². The topological polar surface area (TPSA) is 30.8 Å². The van der Waals surface area contributed by atoms with Crippen molar-refractivity contribution in [1.29, 1.82) is 0 Å². The normalized spacial score (nSPS) is 10.8. The highest BCUT2D eigenvalue weighted by Gasteiger charge is 2.04. The summed E-state index contributed by atoms with van der Waals surface area (Å²) in [4.78, 5) is 4.56. The summed E-state index contributed by atoms with van der Waals surface area (Å²) in [5.74, 6) is 2.31. The number of hydrogen-bond donors (Lipinski definition) is 0. The van der Waals surface area contributed by atoms with Gasteiger partial charge in [-0.25, -0.2) is 0 Å². The molecule has 30 heavy (non-hydrogen) atoms. The van der Waals surface area contributed by atoms with Gasteiger partial charge in [-0.15, -0.1) is 0 Å². The van der Waals surface area contributed by atoms with E-state index in [0.717, 1.165) is 34.1 Å². The van der Waals surface area contributed by atoms with E-state index in [1.165, 1.54) is 3.57 Å². The molecule has 0 bridgehead atoms. The van der Waals surface area contributed by atoms with Gasteiger partial charge in [-0.2, -0.15) is 0 Å². The molecule has 4 heteroatoms. The number of nitrogens with zero attached hydrogens (tertiary/aromatic N) is 1. The molecule has 0 heterocycles. The van der Waals surface area contributed by atoms with Crippen molar-refractivity contribution in [2.75, 3.05) is 0 Å². The van der Waals surface area contributed by atoms with E-state index in [1.54, 1.807) is 0 Å². The first-order valence-electron chi connectivity index (χ1n) is 9.59. The molecule has 4 rings (SSSR count). The molecule has 4 aromatic rings. The summed E-state index contributed by atoms with van der Waals surface area (Å²) in [5.41, 5.74) is 2.96. The molecular formula is C26H20INO2. The van der Waals surface area contributed by atoms with Crippen molar-refractivity contribution in [1.82, 2.24) is 0 Å². The molecular weight excluding hydrogens is 485 g/mol. The van der Waals surface area contributed by atoms with Crippen molar-refractivity contribution >= 4 is 34.5 Å². The number of rotatable bonds is 7. The maximum Gasteiger partial charge on any atom is 0.136 e. The Bertz CT molecular complexity index is 1110. The van der Waals surface area contributed by atoms with Gasteiger partial charge in [0.25, 0.3) is 0 Å². The Labute approximate surface area is 190 Å².